The number of para-hydroxylation sites is 2. The standard InChI is InChI=1S/C31H31FNOP.C19H24NO3P.C19H24NO2P.2C18H22NO2P.10ClH.5Ti/c1-31(2,3)33-21-26-20-27(32)14-15-28(26)35-29-19-24(16-22-10-6-4-7-11-22)18-25(30(29)34)17-23-12-8-5-9-13-23;1-19(2,3)20-12-13-8-6-7-9-16(13)24-17-11-14(22-4)10-15(23-5)18(17)21;1-13-8-6-9-14(12-20-19(2,3)4)18(13)23-16-11-7-10-15(22-5)17(16)21;1-18(2,3)19-12-13-8-5-6-10-15(13)22-16-11-7-9-14(21-4)17(16)20;1-18(2,3)19-12-13-7-5-6-8-16(13)22-17-11-14(21-4)9-10-15(17)20;;;;;;;;;;;;;;;/h4-15,18-21,34-35H,16-17H2,1-3H3;6-12,21,24H,1-5H3;6-12,21,23H,1-5H3;2*5-12,20,22H,1-4H3;10*1H;;;;;/q;;;;;;;;;;;;;;;5*+2/p-10. The van der Waals surface area contributed by atoms with Crippen LogP contribution >= 0.6 is 136 Å². The van der Waals surface area contributed by atoms with Crippen LogP contribution in [-0.2, 0) is 98.0 Å². The molecule has 15 nitrogen and oxygen atoms in total. The Bertz CT molecular complexity index is 5810. The van der Waals surface area contributed by atoms with Crippen LogP contribution in [0, 0.1) is 12.7 Å². The van der Waals surface area contributed by atoms with Gasteiger partial charge in [-0.15, -0.1) is 0 Å². The fourth-order valence-electron chi connectivity index (χ4n) is 11.9. The summed E-state index contributed by atoms with van der Waals surface area (Å²) >= 11 is -2.78. The second kappa shape index (κ2) is 70.5. The van der Waals surface area contributed by atoms with E-state index in [1.165, 1.54) is 35.7 Å². The molecule has 0 amide bonds. The third-order valence-corrected chi connectivity index (χ3v) is 25.5. The summed E-state index contributed by atoms with van der Waals surface area (Å²) in [6.07, 6.45) is 10.8. The topological polar surface area (TPSA) is 209 Å². The summed E-state index contributed by atoms with van der Waals surface area (Å²) in [5.74, 6) is 3.74. The van der Waals surface area contributed by atoms with Crippen LogP contribution in [0.25, 0.3) is 0 Å². The van der Waals surface area contributed by atoms with E-state index < -0.39 is 85.2 Å². The molecule has 0 aromatic heterocycles. The minimum atomic E-state index is -0.556. The maximum atomic E-state index is 14.1. The maximum absolute atomic E-state index is 14.1. The predicted octanol–water partition coefficient (Wildman–Crippen LogP) is 26.7. The predicted molar refractivity (Wildman–Crippen MR) is 602 cm³/mol. The number of nitrogens with zero attached hydrogens (tertiary/aromatic N) is 5. The fourth-order valence-corrected chi connectivity index (χ4v) is 18.1. The Labute approximate surface area is 927 Å². The van der Waals surface area contributed by atoms with E-state index in [1.54, 1.807) is 71.1 Å². The number of rotatable bonds is 24. The van der Waals surface area contributed by atoms with Crippen LogP contribution in [0.1, 0.15) is 159 Å². The first kappa shape index (κ1) is 131. The molecule has 0 fully saturated rings. The summed E-state index contributed by atoms with van der Waals surface area (Å²) in [4.78, 5) is 22.9. The monoisotopic (exact) mass is 2380 g/mol. The van der Waals surface area contributed by atoms with E-state index in [1.807, 2.05) is 173 Å². The van der Waals surface area contributed by atoms with Gasteiger partial charge in [-0.05, 0) is 226 Å². The van der Waals surface area contributed by atoms with Crippen LogP contribution in [0.15, 0.2) is 274 Å². The Kier molecular flexibility index (Phi) is 65.4. The van der Waals surface area contributed by atoms with Gasteiger partial charge in [-0.1, -0.05) is 231 Å². The third kappa shape index (κ3) is 53.5. The van der Waals surface area contributed by atoms with Crippen LogP contribution in [0.4, 0.5) is 4.39 Å². The molecule has 0 radical (unpaired) electrons. The van der Waals surface area contributed by atoms with Gasteiger partial charge in [-0.2, -0.15) is 0 Å². The van der Waals surface area contributed by atoms with E-state index in [2.05, 4.69) is 188 Å². The molecule has 12 aromatic rings. The summed E-state index contributed by atoms with van der Waals surface area (Å²) in [6.45, 7) is 33.0. The minimum absolute atomic E-state index is 0.103. The molecule has 36 heteroatoms. The van der Waals surface area contributed by atoms with Crippen molar-refractivity contribution in [2.45, 2.75) is 151 Å². The Morgan fingerprint density at radius 3 is 1.02 bits per heavy atom. The average molecular weight is 2380 g/mol. The van der Waals surface area contributed by atoms with Crippen molar-refractivity contribution in [3.8, 4) is 57.5 Å². The van der Waals surface area contributed by atoms with E-state index >= 15 is 0 Å². The van der Waals surface area contributed by atoms with E-state index in [0.29, 0.717) is 66.7 Å². The van der Waals surface area contributed by atoms with Gasteiger partial charge in [0.2, 0.25) is 0 Å². The number of methoxy groups -OCH3 is 5. The number of aromatic hydroxyl groups is 5. The van der Waals surface area contributed by atoms with Gasteiger partial charge in [0, 0.05) is 97.9 Å². The summed E-state index contributed by atoms with van der Waals surface area (Å²) < 4.78 is 40.2. The first-order valence-electron chi connectivity index (χ1n) is 43.3. The van der Waals surface area contributed by atoms with Crippen molar-refractivity contribution in [2.24, 2.45) is 25.0 Å². The Balaban J connectivity index is 0.000000441. The van der Waals surface area contributed by atoms with Gasteiger partial charge in [0.15, 0.2) is 34.5 Å². The van der Waals surface area contributed by atoms with E-state index in [-0.39, 0.29) is 67.9 Å². The number of ether oxygens (including phenoxy) is 5. The molecule has 141 heavy (non-hydrogen) atoms. The normalized spacial score (nSPS) is 11.5. The molecule has 5 atom stereocenters. The molecule has 0 saturated heterocycles. The molecule has 12 rings (SSSR count). The van der Waals surface area contributed by atoms with Crippen molar-refractivity contribution in [3.05, 3.63) is 310 Å². The second-order valence-electron chi connectivity index (χ2n) is 35.0. The van der Waals surface area contributed by atoms with Crippen LogP contribution in [0.3, 0.4) is 0 Å². The number of hydrogen-bond donors (Lipinski definition) is 5. The third-order valence-electron chi connectivity index (χ3n) is 18.4. The van der Waals surface area contributed by atoms with Gasteiger partial charge in [0.05, 0.1) is 63.2 Å². The van der Waals surface area contributed by atoms with E-state index in [0.717, 1.165) is 104 Å². The van der Waals surface area contributed by atoms with Gasteiger partial charge < -0.3 is 49.2 Å². The molecule has 0 heterocycles. The number of aryl methyl sites for hydroxylation is 1. The number of hydrogen-bond acceptors (Lipinski definition) is 15. The molecule has 0 spiro atoms. The zero-order valence-corrected chi connectivity index (χ0v) is 103. The number of benzene rings is 12. The van der Waals surface area contributed by atoms with E-state index in [9.17, 15) is 29.9 Å². The zero-order chi connectivity index (χ0) is 105. The number of phenolic OH excluding ortho intramolecular Hbond substituents is 5. The van der Waals surface area contributed by atoms with Crippen LogP contribution in [0.2, 0.25) is 0 Å². The molecule has 0 aliphatic heterocycles. The Morgan fingerprint density at radius 1 is 0.284 bits per heavy atom. The van der Waals surface area contributed by atoms with Crippen molar-refractivity contribution in [1.29, 1.82) is 0 Å². The molecular weight excluding hydrogens is 2260 g/mol. The SMILES string of the molecule is CC(C)(C)N=Cc1cc(F)ccc1Pc1cc(Cc2ccccc2)cc(Cc2ccccc2)c1O.COc1cc(OC)c(O)c(Pc2ccccc2C=NC(C)(C)C)c1.COc1ccc(O)c(Pc2ccccc2C=NC(C)(C)C)c1.COc1cccc(Pc2c(C)cccc2C=NC(C)(C)C)c1O.COc1cccc(Pc2ccccc2C=NC(C)(C)C)c1O.[Cl][Ti][Cl].[Cl][Ti][Cl].[Cl][Ti][Cl].[Cl][Ti][Cl].[Cl][Ti][Cl]. The Morgan fingerprint density at radius 2 is 0.610 bits per heavy atom. The molecular formula is C105H123Cl10FN5O10P5Ti5. The van der Waals surface area contributed by atoms with Gasteiger partial charge in [0.1, 0.15) is 28.8 Å². The van der Waals surface area contributed by atoms with Gasteiger partial charge in [0.25, 0.3) is 0 Å². The van der Waals surface area contributed by atoms with Crippen molar-refractivity contribution in [2.75, 3.05) is 35.5 Å². The number of aliphatic imine (C=N–C) groups is 5. The quantitative estimate of drug-likeness (QED) is 0.0220. The summed E-state index contributed by atoms with van der Waals surface area (Å²) in [5, 5.41) is 62.2. The van der Waals surface area contributed by atoms with Crippen molar-refractivity contribution in [3.63, 3.8) is 0 Å². The molecule has 0 bridgehead atoms. The average Bonchev–Trinajstić information content (AvgIpc) is 0.823. The van der Waals surface area contributed by atoms with Gasteiger partial charge in [-0.3, -0.25) is 25.0 Å². The molecule has 5 N–H and O–H groups in total. The van der Waals surface area contributed by atoms with Crippen LogP contribution in [-0.4, -0.2) is 120 Å². The second-order valence-corrected chi connectivity index (χ2v) is 54.5. The number of phenols is 5. The van der Waals surface area contributed by atoms with Gasteiger partial charge >= 0.3 is 178 Å². The van der Waals surface area contributed by atoms with E-state index in [4.69, 9.17) is 117 Å². The summed E-state index contributed by atoms with van der Waals surface area (Å²) in [7, 11) is 58.2. The van der Waals surface area contributed by atoms with Crippen molar-refractivity contribution < 1.29 is 139 Å². The van der Waals surface area contributed by atoms with Crippen molar-refractivity contribution >= 4 is 220 Å². The first-order valence-corrected chi connectivity index (χ1v) is 69.8. The molecule has 5 unspecified atom stereocenters. The first-order chi connectivity index (χ1) is 66.8. The molecule has 12 aromatic carbocycles. The Hall–Kier alpha value is -4.46. The molecule has 0 aliphatic carbocycles. The molecule has 0 saturated carbocycles. The summed E-state index contributed by atoms with van der Waals surface area (Å²) in [6, 6.07) is 80.1. The van der Waals surface area contributed by atoms with Crippen LogP contribution in [0.5, 0.6) is 57.5 Å². The number of halogens is 11. The molecule has 0 aliphatic rings. The van der Waals surface area contributed by atoms with Crippen LogP contribution < -0.4 is 76.7 Å². The molecule has 750 valence electrons. The van der Waals surface area contributed by atoms with Gasteiger partial charge in [-0.25, -0.2) is 4.39 Å². The van der Waals surface area contributed by atoms with Crippen molar-refractivity contribution in [1.82, 2.24) is 0 Å². The fraction of sp³-hybridized carbons (Fsp3) is 0.267. The zero-order valence-electron chi connectivity index (χ0n) is 82.6. The summed E-state index contributed by atoms with van der Waals surface area (Å²) in [5.41, 5.74) is 9.97.